The van der Waals surface area contributed by atoms with Crippen LogP contribution < -0.4 is 15.4 Å². The van der Waals surface area contributed by atoms with Crippen molar-refractivity contribution in [2.45, 2.75) is 26.3 Å². The van der Waals surface area contributed by atoms with E-state index < -0.39 is 0 Å². The van der Waals surface area contributed by atoms with E-state index in [-0.39, 0.29) is 17.9 Å². The summed E-state index contributed by atoms with van der Waals surface area (Å²) in [5.41, 5.74) is 3.74. The summed E-state index contributed by atoms with van der Waals surface area (Å²) in [5, 5.41) is 6.76. The molecule has 2 aromatic rings. The highest BCUT2D eigenvalue weighted by atomic mass is 32.2. The molecule has 7 nitrogen and oxygen atoms in total. The summed E-state index contributed by atoms with van der Waals surface area (Å²) < 4.78 is 5.20. The number of fused-ring (bicyclic) bond motifs is 1. The second-order valence-electron chi connectivity index (χ2n) is 7.68. The molecule has 0 aromatic heterocycles. The van der Waals surface area contributed by atoms with Crippen molar-refractivity contribution in [2.24, 2.45) is 4.99 Å². The highest BCUT2D eigenvalue weighted by molar-refractivity contribution is 8.13. The number of carbonyl (C=O) groups is 2. The number of hydrogen-bond donors (Lipinski definition) is 2. The summed E-state index contributed by atoms with van der Waals surface area (Å²) in [6, 6.07) is 14.7. The first-order chi connectivity index (χ1) is 15.5. The second-order valence-corrected chi connectivity index (χ2v) is 8.74. The van der Waals surface area contributed by atoms with Crippen LogP contribution in [0.1, 0.15) is 31.9 Å². The number of thioether (sulfide) groups is 1. The number of aliphatic imine (C=N–C) groups is 1. The van der Waals surface area contributed by atoms with Crippen molar-refractivity contribution in [3.8, 4) is 5.75 Å². The Labute approximate surface area is 191 Å². The first-order valence-corrected chi connectivity index (χ1v) is 11.5. The predicted molar refractivity (Wildman–Crippen MR) is 129 cm³/mol. The molecule has 2 amide bonds. The molecule has 2 N–H and O–H groups in total. The molecule has 2 aromatic carbocycles. The van der Waals surface area contributed by atoms with E-state index in [0.717, 1.165) is 40.9 Å². The molecule has 4 rings (SSSR count). The van der Waals surface area contributed by atoms with Gasteiger partial charge < -0.3 is 20.3 Å². The van der Waals surface area contributed by atoms with E-state index >= 15 is 0 Å². The molecule has 32 heavy (non-hydrogen) atoms. The molecule has 166 valence electrons. The van der Waals surface area contributed by atoms with Gasteiger partial charge in [0, 0.05) is 30.6 Å². The van der Waals surface area contributed by atoms with Crippen LogP contribution in [-0.2, 0) is 9.59 Å². The number of hydrogen-bond acceptors (Lipinski definition) is 6. The maximum absolute atomic E-state index is 13.4. The Bertz CT molecular complexity index is 1080. The summed E-state index contributed by atoms with van der Waals surface area (Å²) in [6.07, 6.45) is 1.02. The minimum atomic E-state index is -0.250. The number of nitrogens with zero attached hydrogens (tertiary/aromatic N) is 2. The van der Waals surface area contributed by atoms with Crippen LogP contribution in [0.5, 0.6) is 5.75 Å². The Morgan fingerprint density at radius 1 is 1.06 bits per heavy atom. The first-order valence-electron chi connectivity index (χ1n) is 10.5. The van der Waals surface area contributed by atoms with Crippen LogP contribution in [-0.4, -0.2) is 41.3 Å². The average Bonchev–Trinajstić information content (AvgIpc) is 2.79. The van der Waals surface area contributed by atoms with Crippen LogP contribution in [0.4, 0.5) is 11.4 Å². The van der Waals surface area contributed by atoms with E-state index in [1.54, 1.807) is 18.9 Å². The third kappa shape index (κ3) is 4.65. The Kier molecular flexibility index (Phi) is 6.50. The molecule has 1 fully saturated rings. The summed E-state index contributed by atoms with van der Waals surface area (Å²) in [6.45, 7) is 4.20. The number of ether oxygens (including phenoxy) is 1. The highest BCUT2D eigenvalue weighted by Crippen LogP contribution is 2.40. The molecular weight excluding hydrogens is 424 g/mol. The van der Waals surface area contributed by atoms with Crippen LogP contribution in [0, 0.1) is 0 Å². The van der Waals surface area contributed by atoms with Crippen LogP contribution >= 0.6 is 11.8 Å². The Morgan fingerprint density at radius 2 is 1.72 bits per heavy atom. The lowest BCUT2D eigenvalue weighted by molar-refractivity contribution is -0.114. The number of methoxy groups -OCH3 is 1. The van der Waals surface area contributed by atoms with Crippen LogP contribution in [0.15, 0.2) is 64.8 Å². The predicted octanol–water partition coefficient (Wildman–Crippen LogP) is 4.42. The Hall–Kier alpha value is -3.26. The number of amidine groups is 1. The molecule has 2 aliphatic rings. The van der Waals surface area contributed by atoms with Crippen molar-refractivity contribution < 1.29 is 14.3 Å². The van der Waals surface area contributed by atoms with Gasteiger partial charge >= 0.3 is 0 Å². The zero-order chi connectivity index (χ0) is 22.7. The average molecular weight is 451 g/mol. The van der Waals surface area contributed by atoms with Gasteiger partial charge in [-0.15, -0.1) is 0 Å². The zero-order valence-corrected chi connectivity index (χ0v) is 19.2. The molecule has 0 spiro atoms. The molecule has 8 heteroatoms. The van der Waals surface area contributed by atoms with Gasteiger partial charge in [0.1, 0.15) is 5.75 Å². The summed E-state index contributed by atoms with van der Waals surface area (Å²) in [4.78, 5) is 31.8. The number of benzene rings is 2. The smallest absolute Gasteiger partial charge is 0.255 e. The van der Waals surface area contributed by atoms with Gasteiger partial charge in [-0.05, 0) is 55.3 Å². The first kappa shape index (κ1) is 22.0. The number of carbonyl (C=O) groups excluding carboxylic acids is 2. The molecule has 1 saturated heterocycles. The van der Waals surface area contributed by atoms with E-state index in [9.17, 15) is 9.59 Å². The fourth-order valence-corrected chi connectivity index (χ4v) is 4.95. The maximum Gasteiger partial charge on any atom is 0.255 e. The molecule has 0 radical (unpaired) electrons. The lowest BCUT2D eigenvalue weighted by atomic mass is 9.93. The quantitative estimate of drug-likeness (QED) is 0.705. The largest absolute Gasteiger partial charge is 0.497 e. The molecular formula is C24H26N4O3S. The maximum atomic E-state index is 13.4. The minimum Gasteiger partial charge on any atom is -0.497 e. The van der Waals surface area contributed by atoms with Crippen molar-refractivity contribution in [3.63, 3.8) is 0 Å². The molecule has 1 unspecified atom stereocenters. The molecule has 1 atom stereocenters. The molecule has 0 saturated carbocycles. The number of amides is 2. The van der Waals surface area contributed by atoms with E-state index in [2.05, 4.69) is 15.5 Å². The lowest BCUT2D eigenvalue weighted by Crippen LogP contribution is -2.43. The van der Waals surface area contributed by atoms with Gasteiger partial charge in [0.05, 0.1) is 24.4 Å². The zero-order valence-electron chi connectivity index (χ0n) is 18.3. The van der Waals surface area contributed by atoms with Gasteiger partial charge in [0.25, 0.3) is 5.91 Å². The number of nitrogens with one attached hydrogen (secondary N) is 2. The molecule has 2 aliphatic heterocycles. The Balaban J connectivity index is 1.68. The lowest BCUT2D eigenvalue weighted by Gasteiger charge is -2.40. The van der Waals surface area contributed by atoms with Crippen LogP contribution in [0.3, 0.4) is 0 Å². The SMILES string of the molecule is COc1ccc(NC(=O)C2=C(C)N=C3SCCCN3C2c2ccc(NC(C)=O)cc2)cc1. The number of allylic oxidation sites excluding steroid dienone is 1. The van der Waals surface area contributed by atoms with Gasteiger partial charge in [0.2, 0.25) is 5.91 Å². The second kappa shape index (κ2) is 9.48. The monoisotopic (exact) mass is 450 g/mol. The normalized spacial score (nSPS) is 17.9. The number of anilines is 2. The summed E-state index contributed by atoms with van der Waals surface area (Å²) >= 11 is 1.72. The van der Waals surface area contributed by atoms with E-state index in [1.807, 2.05) is 55.5 Å². The van der Waals surface area contributed by atoms with Crippen molar-refractivity contribution in [1.29, 1.82) is 0 Å². The van der Waals surface area contributed by atoms with Gasteiger partial charge in [-0.25, -0.2) is 4.99 Å². The van der Waals surface area contributed by atoms with Crippen molar-refractivity contribution in [1.82, 2.24) is 4.90 Å². The molecule has 0 bridgehead atoms. The third-order valence-corrected chi connectivity index (χ3v) is 6.47. The van der Waals surface area contributed by atoms with Gasteiger partial charge in [-0.1, -0.05) is 23.9 Å². The van der Waals surface area contributed by atoms with E-state index in [4.69, 9.17) is 9.73 Å². The minimum absolute atomic E-state index is 0.118. The van der Waals surface area contributed by atoms with Gasteiger partial charge in [-0.2, -0.15) is 0 Å². The Morgan fingerprint density at radius 3 is 2.38 bits per heavy atom. The van der Waals surface area contributed by atoms with Gasteiger partial charge in [0.15, 0.2) is 5.17 Å². The van der Waals surface area contributed by atoms with Crippen molar-refractivity contribution >= 4 is 40.1 Å². The molecule has 0 aliphatic carbocycles. The van der Waals surface area contributed by atoms with Crippen LogP contribution in [0.2, 0.25) is 0 Å². The van der Waals surface area contributed by atoms with Crippen molar-refractivity contribution in [2.75, 3.05) is 30.0 Å². The topological polar surface area (TPSA) is 83.0 Å². The van der Waals surface area contributed by atoms with Crippen LogP contribution in [0.25, 0.3) is 0 Å². The van der Waals surface area contributed by atoms with E-state index in [1.165, 1.54) is 6.92 Å². The van der Waals surface area contributed by atoms with Gasteiger partial charge in [-0.3, -0.25) is 9.59 Å². The number of rotatable bonds is 5. The highest BCUT2D eigenvalue weighted by Gasteiger charge is 2.37. The molecule has 2 heterocycles. The fraction of sp³-hybridized carbons (Fsp3) is 0.292. The van der Waals surface area contributed by atoms with Crippen molar-refractivity contribution in [3.05, 3.63) is 65.4 Å². The summed E-state index contributed by atoms with van der Waals surface area (Å²) in [5.74, 6) is 1.45. The van der Waals surface area contributed by atoms with E-state index in [0.29, 0.717) is 17.0 Å². The standard InChI is InChI=1S/C24H26N4O3S/c1-15-21(23(30)27-19-9-11-20(31-3)12-10-19)22(28-13-4-14-32-24(28)25-15)17-5-7-18(8-6-17)26-16(2)29/h5-12,22H,4,13-14H2,1-3H3,(H,26,29)(H,27,30). The fourth-order valence-electron chi connectivity index (χ4n) is 3.93. The summed E-state index contributed by atoms with van der Waals surface area (Å²) in [7, 11) is 1.61. The third-order valence-electron chi connectivity index (χ3n) is 5.40.